The maximum Gasteiger partial charge on any atom is 0.502 e. The van der Waals surface area contributed by atoms with E-state index in [1.807, 2.05) is 0 Å². The van der Waals surface area contributed by atoms with E-state index < -0.39 is 8.80 Å². The Balaban J connectivity index is 2.41. The number of unbranched alkanes of at least 4 members (excludes halogenated alkanes) is 3. The number of rotatable bonds is 25. The summed E-state index contributed by atoms with van der Waals surface area (Å²) in [5, 5.41) is 1.15. The first-order chi connectivity index (χ1) is 20.0. The molecular weight excluding hydrogens is 583 g/mol. The molecule has 0 aliphatic heterocycles. The van der Waals surface area contributed by atoms with Crippen LogP contribution in [0.2, 0.25) is 6.04 Å². The minimum atomic E-state index is -3.07. The van der Waals surface area contributed by atoms with Crippen molar-refractivity contribution in [3.05, 3.63) is 29.3 Å². The van der Waals surface area contributed by atoms with Crippen LogP contribution in [0.3, 0.4) is 0 Å². The molecule has 0 N–H and O–H groups in total. The summed E-state index contributed by atoms with van der Waals surface area (Å²) in [7, 11) is -1.51. The van der Waals surface area contributed by atoms with E-state index in [1.54, 1.807) is 22.1 Å². The molecule has 4 unspecified atom stereocenters. The summed E-state index contributed by atoms with van der Waals surface area (Å²) in [6.45, 7) is 15.8. The predicted molar refractivity (Wildman–Crippen MR) is 187 cm³/mol. The summed E-state index contributed by atoms with van der Waals surface area (Å²) in [6.07, 6.45) is 14.3. The van der Waals surface area contributed by atoms with E-state index in [2.05, 4.69) is 65.8 Å². The molecule has 8 heteroatoms. The van der Waals surface area contributed by atoms with Crippen molar-refractivity contribution >= 4 is 52.8 Å². The molecule has 2 aromatic rings. The van der Waals surface area contributed by atoms with Gasteiger partial charge in [0, 0.05) is 25.9 Å². The van der Waals surface area contributed by atoms with Crippen molar-refractivity contribution in [3.8, 4) is 0 Å². The molecule has 0 aliphatic carbocycles. The Hall–Kier alpha value is -0.0931. The van der Waals surface area contributed by atoms with Gasteiger partial charge in [0.1, 0.15) is 5.01 Å². The molecule has 0 spiro atoms. The van der Waals surface area contributed by atoms with Gasteiger partial charge in [0.15, 0.2) is 0 Å². The molecule has 0 saturated carbocycles. The summed E-state index contributed by atoms with van der Waals surface area (Å²) >= 11 is 6.54. The summed E-state index contributed by atoms with van der Waals surface area (Å²) in [4.78, 5) is 5.03. The molecule has 1 heterocycles. The zero-order valence-corrected chi connectivity index (χ0v) is 30.4. The van der Waals surface area contributed by atoms with E-state index >= 15 is 0 Å². The quantitative estimate of drug-likeness (QED) is 0.0663. The summed E-state index contributed by atoms with van der Waals surface area (Å²) in [6, 6.07) is 9.11. The lowest BCUT2D eigenvalue weighted by atomic mass is 10.0. The highest BCUT2D eigenvalue weighted by atomic mass is 33.1. The van der Waals surface area contributed by atoms with E-state index in [0.29, 0.717) is 43.6 Å². The van der Waals surface area contributed by atoms with Crippen molar-refractivity contribution in [2.75, 3.05) is 19.8 Å². The van der Waals surface area contributed by atoms with Crippen molar-refractivity contribution in [3.63, 3.8) is 0 Å². The fourth-order valence-corrected chi connectivity index (χ4v) is 11.5. The normalized spacial score (nSPS) is 16.5. The topological polar surface area (TPSA) is 40.6 Å². The number of hydrogen-bond donors (Lipinski definition) is 1. The highest BCUT2D eigenvalue weighted by Gasteiger charge is 2.46. The van der Waals surface area contributed by atoms with Crippen LogP contribution >= 0.6 is 33.8 Å². The molecule has 4 nitrogen and oxygen atoms in total. The fraction of sp³-hybridized carbons (Fsp3) is 0.788. The molecule has 0 aliphatic rings. The predicted octanol–water partition coefficient (Wildman–Crippen LogP) is 11.6. The number of hydrogen-bond acceptors (Lipinski definition) is 7. The molecule has 1 aromatic carbocycles. The SMILES string of the molecule is CCCCC(CC)CO[Si](CC(SS)c1nc2ccccc2s1)(OCC(CC)CCCC)OCC(CC)CCCC. The van der Waals surface area contributed by atoms with Crippen molar-refractivity contribution < 1.29 is 13.3 Å². The van der Waals surface area contributed by atoms with Gasteiger partial charge in [0.25, 0.3) is 0 Å². The lowest BCUT2D eigenvalue weighted by Gasteiger charge is -2.35. The standard InChI is InChI=1S/C33H59NO3S3Si/c1-7-13-18-27(10-4)23-35-41(36-24-28(11-5)19-14-8-2,37-25-29(12-6)20-15-9-3)26-32(40-38)33-34-30-21-16-17-22-31(30)39-33/h16-17,21-22,27-29,32,38H,7-15,18-20,23-26H2,1-6H3. The van der Waals surface area contributed by atoms with Gasteiger partial charge < -0.3 is 13.3 Å². The van der Waals surface area contributed by atoms with Crippen LogP contribution in [0.25, 0.3) is 10.2 Å². The number of fused-ring (bicyclic) bond motifs is 1. The van der Waals surface area contributed by atoms with Gasteiger partial charge in [-0.3, -0.25) is 0 Å². The summed E-state index contributed by atoms with van der Waals surface area (Å²) in [5.41, 5.74) is 1.05. The molecule has 0 saturated heterocycles. The van der Waals surface area contributed by atoms with E-state index in [-0.39, 0.29) is 5.25 Å². The number of para-hydroxylation sites is 1. The highest BCUT2D eigenvalue weighted by molar-refractivity contribution is 8.68. The van der Waals surface area contributed by atoms with Gasteiger partial charge >= 0.3 is 8.80 Å². The Morgan fingerprint density at radius 3 is 1.61 bits per heavy atom. The second-order valence-corrected chi connectivity index (χ2v) is 16.8. The van der Waals surface area contributed by atoms with Gasteiger partial charge in [-0.25, -0.2) is 4.98 Å². The lowest BCUT2D eigenvalue weighted by molar-refractivity contribution is 0.0244. The monoisotopic (exact) mass is 641 g/mol. The van der Waals surface area contributed by atoms with Crippen molar-refractivity contribution in [1.29, 1.82) is 0 Å². The zero-order valence-electron chi connectivity index (χ0n) is 26.9. The number of thiol groups is 1. The minimum Gasteiger partial charge on any atom is -0.373 e. The second kappa shape index (κ2) is 21.6. The van der Waals surface area contributed by atoms with Gasteiger partial charge in [-0.2, -0.15) is 0 Å². The smallest absolute Gasteiger partial charge is 0.373 e. The maximum atomic E-state index is 7.03. The number of nitrogens with zero attached hydrogens (tertiary/aromatic N) is 1. The highest BCUT2D eigenvalue weighted by Crippen LogP contribution is 2.43. The van der Waals surface area contributed by atoms with Crippen LogP contribution in [0.1, 0.15) is 129 Å². The summed E-state index contributed by atoms with van der Waals surface area (Å²) < 4.78 is 22.3. The van der Waals surface area contributed by atoms with E-state index in [4.69, 9.17) is 29.9 Å². The first kappa shape index (κ1) is 37.1. The molecule has 4 atom stereocenters. The van der Waals surface area contributed by atoms with Crippen LogP contribution in [-0.2, 0) is 13.3 Å². The average Bonchev–Trinajstić information content (AvgIpc) is 3.44. The minimum absolute atomic E-state index is 0.0598. The summed E-state index contributed by atoms with van der Waals surface area (Å²) in [5.74, 6) is 1.59. The lowest BCUT2D eigenvalue weighted by Crippen LogP contribution is -2.49. The fourth-order valence-electron chi connectivity index (χ4n) is 5.16. The molecule has 0 radical (unpaired) electrons. The molecular formula is C33H59NO3S3Si. The first-order valence-corrected chi connectivity index (χ1v) is 21.2. The van der Waals surface area contributed by atoms with Crippen LogP contribution in [0.15, 0.2) is 24.3 Å². The number of aromatic nitrogens is 1. The van der Waals surface area contributed by atoms with Gasteiger partial charge in [0.2, 0.25) is 0 Å². The van der Waals surface area contributed by atoms with Crippen LogP contribution < -0.4 is 0 Å². The van der Waals surface area contributed by atoms with Crippen LogP contribution in [0, 0.1) is 17.8 Å². The molecule has 41 heavy (non-hydrogen) atoms. The molecule has 1 aromatic heterocycles. The third-order valence-corrected chi connectivity index (χ3v) is 14.1. The van der Waals surface area contributed by atoms with Gasteiger partial charge in [-0.15, -0.1) is 23.0 Å². The van der Waals surface area contributed by atoms with Crippen molar-refractivity contribution in [2.24, 2.45) is 17.8 Å². The largest absolute Gasteiger partial charge is 0.502 e. The number of benzene rings is 1. The van der Waals surface area contributed by atoms with E-state index in [1.165, 1.54) is 62.5 Å². The molecule has 0 amide bonds. The van der Waals surface area contributed by atoms with Crippen molar-refractivity contribution in [1.82, 2.24) is 4.98 Å². The molecule has 0 bridgehead atoms. The van der Waals surface area contributed by atoms with Crippen LogP contribution in [0.4, 0.5) is 0 Å². The Bertz CT molecular complexity index is 847. The third kappa shape index (κ3) is 13.2. The van der Waals surface area contributed by atoms with Crippen molar-refractivity contribution in [2.45, 2.75) is 130 Å². The zero-order chi connectivity index (χ0) is 29.9. The maximum absolute atomic E-state index is 7.03. The second-order valence-electron chi connectivity index (χ2n) is 11.7. The van der Waals surface area contributed by atoms with Crippen LogP contribution in [-0.4, -0.2) is 33.6 Å². The van der Waals surface area contributed by atoms with Crippen LogP contribution in [0.5, 0.6) is 0 Å². The Morgan fingerprint density at radius 2 is 1.22 bits per heavy atom. The molecule has 2 rings (SSSR count). The van der Waals surface area contributed by atoms with Gasteiger partial charge in [-0.1, -0.05) is 122 Å². The Labute approximate surface area is 266 Å². The van der Waals surface area contributed by atoms with Gasteiger partial charge in [0.05, 0.1) is 15.5 Å². The third-order valence-electron chi connectivity index (χ3n) is 8.40. The Morgan fingerprint density at radius 1 is 0.756 bits per heavy atom. The van der Waals surface area contributed by atoms with E-state index in [0.717, 1.165) is 29.8 Å². The van der Waals surface area contributed by atoms with E-state index in [9.17, 15) is 0 Å². The Kier molecular flexibility index (Phi) is 19.5. The molecule has 236 valence electrons. The van der Waals surface area contributed by atoms with Gasteiger partial charge in [-0.05, 0) is 49.1 Å². The first-order valence-electron chi connectivity index (χ1n) is 16.5. The number of thiazole rings is 1. The molecule has 0 fully saturated rings. The average molecular weight is 642 g/mol.